The van der Waals surface area contributed by atoms with Gasteiger partial charge in [-0.15, -0.1) is 0 Å². The summed E-state index contributed by atoms with van der Waals surface area (Å²) in [4.78, 5) is 12.5. The molecule has 1 aromatic heterocycles. The lowest BCUT2D eigenvalue weighted by Gasteiger charge is -2.14. The van der Waals surface area contributed by atoms with Crippen LogP contribution < -0.4 is 0 Å². The molecular weight excluding hydrogens is 300 g/mol. The molecule has 1 fully saturated rings. The molecule has 2 unspecified atom stereocenters. The Morgan fingerprint density at radius 1 is 1.72 bits per heavy atom. The molecule has 2 atom stereocenters. The molecule has 100 valence electrons. The monoisotopic (exact) mass is 316 g/mol. The van der Waals surface area contributed by atoms with Crippen LogP contribution in [0, 0.1) is 5.92 Å². The van der Waals surface area contributed by atoms with Crippen molar-refractivity contribution in [2.45, 2.75) is 26.0 Å². The third kappa shape index (κ3) is 2.65. The van der Waals surface area contributed by atoms with E-state index in [1.165, 1.54) is 0 Å². The smallest absolute Gasteiger partial charge is 0.210 e. The molecule has 0 amide bonds. The van der Waals surface area contributed by atoms with Crippen LogP contribution in [0.2, 0.25) is 0 Å². The number of ketones is 1. The Labute approximate surface area is 115 Å². The average Bonchev–Trinajstić information content (AvgIpc) is 2.92. The fourth-order valence-corrected chi connectivity index (χ4v) is 2.61. The molecule has 6 heteroatoms. The molecule has 1 aliphatic heterocycles. The van der Waals surface area contributed by atoms with Crippen LogP contribution >= 0.6 is 15.9 Å². The Bertz CT molecular complexity index is 433. The normalized spacial score (nSPS) is 23.5. The molecular formula is C12H17BrN2O3. The van der Waals surface area contributed by atoms with Gasteiger partial charge in [0.1, 0.15) is 11.8 Å². The molecule has 1 aromatic rings. The van der Waals surface area contributed by atoms with E-state index < -0.39 is 0 Å². The Balaban J connectivity index is 2.20. The predicted octanol–water partition coefficient (Wildman–Crippen LogP) is 1.90. The van der Waals surface area contributed by atoms with Crippen LogP contribution in [0.1, 0.15) is 23.8 Å². The van der Waals surface area contributed by atoms with Crippen molar-refractivity contribution in [3.8, 4) is 0 Å². The van der Waals surface area contributed by atoms with Gasteiger partial charge >= 0.3 is 0 Å². The summed E-state index contributed by atoms with van der Waals surface area (Å²) in [6, 6.07) is 0. The zero-order valence-electron chi connectivity index (χ0n) is 10.6. The van der Waals surface area contributed by atoms with Crippen LogP contribution in [-0.4, -0.2) is 42.0 Å². The Hall–Kier alpha value is -0.720. The lowest BCUT2D eigenvalue weighted by Crippen LogP contribution is -2.28. The van der Waals surface area contributed by atoms with E-state index in [1.807, 2.05) is 6.92 Å². The second-order valence-electron chi connectivity index (χ2n) is 4.48. The van der Waals surface area contributed by atoms with Crippen molar-refractivity contribution in [1.82, 2.24) is 9.78 Å². The number of ether oxygens (including phenoxy) is 2. The molecule has 0 aliphatic carbocycles. The lowest BCUT2D eigenvalue weighted by atomic mass is 9.99. The summed E-state index contributed by atoms with van der Waals surface area (Å²) in [6.45, 7) is 3.78. The SMILES string of the molecule is COCCn1ncc(Br)c1C(=O)C1OCCC1C. The molecule has 0 N–H and O–H groups in total. The molecule has 0 radical (unpaired) electrons. The van der Waals surface area contributed by atoms with E-state index in [0.717, 1.165) is 6.42 Å². The highest BCUT2D eigenvalue weighted by molar-refractivity contribution is 9.10. The number of halogens is 1. The number of carbonyl (C=O) groups excluding carboxylic acids is 1. The fraction of sp³-hybridized carbons (Fsp3) is 0.667. The maximum absolute atomic E-state index is 12.5. The first-order chi connectivity index (χ1) is 8.65. The average molecular weight is 317 g/mol. The van der Waals surface area contributed by atoms with Crippen LogP contribution in [0.4, 0.5) is 0 Å². The number of rotatable bonds is 5. The van der Waals surface area contributed by atoms with Crippen molar-refractivity contribution in [3.63, 3.8) is 0 Å². The highest BCUT2D eigenvalue weighted by Gasteiger charge is 2.34. The van der Waals surface area contributed by atoms with Crippen molar-refractivity contribution in [3.05, 3.63) is 16.4 Å². The van der Waals surface area contributed by atoms with Crippen LogP contribution in [0.25, 0.3) is 0 Å². The minimum absolute atomic E-state index is 0.000443. The van der Waals surface area contributed by atoms with E-state index in [-0.39, 0.29) is 17.8 Å². The second-order valence-corrected chi connectivity index (χ2v) is 5.33. The van der Waals surface area contributed by atoms with Gasteiger partial charge in [-0.05, 0) is 28.3 Å². The molecule has 0 spiro atoms. The Morgan fingerprint density at radius 3 is 3.11 bits per heavy atom. The first-order valence-electron chi connectivity index (χ1n) is 6.01. The van der Waals surface area contributed by atoms with Gasteiger partial charge < -0.3 is 9.47 Å². The van der Waals surface area contributed by atoms with Crippen molar-refractivity contribution < 1.29 is 14.3 Å². The van der Waals surface area contributed by atoms with Crippen LogP contribution in [-0.2, 0) is 16.0 Å². The highest BCUT2D eigenvalue weighted by Crippen LogP contribution is 2.26. The largest absolute Gasteiger partial charge is 0.383 e. The topological polar surface area (TPSA) is 53.4 Å². The molecule has 5 nitrogen and oxygen atoms in total. The zero-order valence-corrected chi connectivity index (χ0v) is 12.1. The summed E-state index contributed by atoms with van der Waals surface area (Å²) in [6.07, 6.45) is 2.22. The second kappa shape index (κ2) is 5.95. The number of Topliss-reactive ketones (excluding diaryl/α,β-unsaturated/α-hetero) is 1. The van der Waals surface area contributed by atoms with E-state index in [0.29, 0.717) is 29.9 Å². The van der Waals surface area contributed by atoms with Gasteiger partial charge in [0.2, 0.25) is 5.78 Å². The molecule has 1 aliphatic rings. The number of hydrogen-bond acceptors (Lipinski definition) is 4. The van der Waals surface area contributed by atoms with Gasteiger partial charge in [0.15, 0.2) is 0 Å². The standard InChI is InChI=1S/C12H17BrN2O3/c1-8-3-5-18-12(8)11(16)10-9(13)7-14-15(10)4-6-17-2/h7-8,12H,3-6H2,1-2H3. The van der Waals surface area contributed by atoms with Gasteiger partial charge in [0.25, 0.3) is 0 Å². The quantitative estimate of drug-likeness (QED) is 0.779. The van der Waals surface area contributed by atoms with Crippen LogP contribution in [0.5, 0.6) is 0 Å². The first-order valence-corrected chi connectivity index (χ1v) is 6.80. The van der Waals surface area contributed by atoms with Gasteiger partial charge in [0, 0.05) is 13.7 Å². The maximum Gasteiger partial charge on any atom is 0.210 e. The van der Waals surface area contributed by atoms with Gasteiger partial charge in [-0.25, -0.2) is 0 Å². The minimum Gasteiger partial charge on any atom is -0.383 e. The summed E-state index contributed by atoms with van der Waals surface area (Å²) in [5.41, 5.74) is 0.575. The van der Waals surface area contributed by atoms with E-state index in [4.69, 9.17) is 9.47 Å². The zero-order chi connectivity index (χ0) is 13.1. The molecule has 2 heterocycles. The fourth-order valence-electron chi connectivity index (χ4n) is 2.12. The van der Waals surface area contributed by atoms with E-state index >= 15 is 0 Å². The number of aromatic nitrogens is 2. The number of carbonyl (C=O) groups is 1. The molecule has 2 rings (SSSR count). The van der Waals surface area contributed by atoms with E-state index in [2.05, 4.69) is 21.0 Å². The Kier molecular flexibility index (Phi) is 4.53. The summed E-state index contributed by atoms with van der Waals surface area (Å²) in [5, 5.41) is 4.18. The van der Waals surface area contributed by atoms with E-state index in [9.17, 15) is 4.79 Å². The Morgan fingerprint density at radius 2 is 2.50 bits per heavy atom. The lowest BCUT2D eigenvalue weighted by molar-refractivity contribution is 0.0565. The van der Waals surface area contributed by atoms with Gasteiger partial charge in [-0.2, -0.15) is 5.10 Å². The molecule has 1 saturated heterocycles. The van der Waals surface area contributed by atoms with Crippen molar-refractivity contribution >= 4 is 21.7 Å². The van der Waals surface area contributed by atoms with E-state index in [1.54, 1.807) is 18.0 Å². The summed E-state index contributed by atoms with van der Waals surface area (Å²) in [7, 11) is 1.63. The molecule has 18 heavy (non-hydrogen) atoms. The van der Waals surface area contributed by atoms with Crippen molar-refractivity contribution in [2.24, 2.45) is 5.92 Å². The maximum atomic E-state index is 12.5. The van der Waals surface area contributed by atoms with Crippen molar-refractivity contribution in [2.75, 3.05) is 20.3 Å². The molecule has 0 aromatic carbocycles. The van der Waals surface area contributed by atoms with Crippen LogP contribution in [0.15, 0.2) is 10.7 Å². The molecule has 0 bridgehead atoms. The number of methoxy groups -OCH3 is 1. The van der Waals surface area contributed by atoms with Gasteiger partial charge in [-0.1, -0.05) is 6.92 Å². The number of nitrogens with zero attached hydrogens (tertiary/aromatic N) is 2. The number of hydrogen-bond donors (Lipinski definition) is 0. The third-order valence-electron chi connectivity index (χ3n) is 3.18. The van der Waals surface area contributed by atoms with Gasteiger partial charge in [0.05, 0.1) is 23.8 Å². The summed E-state index contributed by atoms with van der Waals surface area (Å²) < 4.78 is 12.9. The summed E-state index contributed by atoms with van der Waals surface area (Å²) >= 11 is 3.38. The van der Waals surface area contributed by atoms with Crippen LogP contribution in [0.3, 0.4) is 0 Å². The first kappa shape index (κ1) is 13.7. The summed E-state index contributed by atoms with van der Waals surface area (Å²) in [5.74, 6) is 0.260. The third-order valence-corrected chi connectivity index (χ3v) is 3.76. The van der Waals surface area contributed by atoms with Gasteiger partial charge in [-0.3, -0.25) is 9.48 Å². The minimum atomic E-state index is -0.348. The van der Waals surface area contributed by atoms with Crippen molar-refractivity contribution in [1.29, 1.82) is 0 Å². The molecule has 0 saturated carbocycles. The predicted molar refractivity (Wildman–Crippen MR) is 69.7 cm³/mol. The highest BCUT2D eigenvalue weighted by atomic mass is 79.9.